The summed E-state index contributed by atoms with van der Waals surface area (Å²) < 4.78 is 2.15. The zero-order valence-electron chi connectivity index (χ0n) is 8.79. The molecule has 2 rings (SSSR count). The molecule has 0 nitrogen and oxygen atoms in total. The molecule has 0 aliphatic carbocycles. The first-order valence-corrected chi connectivity index (χ1v) is 8.20. The fourth-order valence-electron chi connectivity index (χ4n) is 1.81. The van der Waals surface area contributed by atoms with Crippen LogP contribution < -0.4 is 0 Å². The Morgan fingerprint density at radius 3 is 2.12 bits per heavy atom. The standard InChI is InChI=1S/C14H12I2/c15-9-12-7-4-8-13(14(12)10-16)11-5-2-1-3-6-11/h1-8H,9-10H2. The number of hydrogen-bond acceptors (Lipinski definition) is 0. The van der Waals surface area contributed by atoms with Gasteiger partial charge in [-0.1, -0.05) is 93.7 Å². The Balaban J connectivity index is 2.57. The summed E-state index contributed by atoms with van der Waals surface area (Å²) in [5.41, 5.74) is 5.63. The molecule has 0 atom stereocenters. The van der Waals surface area contributed by atoms with E-state index in [2.05, 4.69) is 93.7 Å². The van der Waals surface area contributed by atoms with Gasteiger partial charge in [0.05, 0.1) is 0 Å². The zero-order valence-corrected chi connectivity index (χ0v) is 13.1. The van der Waals surface area contributed by atoms with Gasteiger partial charge in [-0.25, -0.2) is 0 Å². The van der Waals surface area contributed by atoms with Crippen molar-refractivity contribution in [3.8, 4) is 11.1 Å². The molecule has 2 heteroatoms. The molecule has 2 aromatic rings. The summed E-state index contributed by atoms with van der Waals surface area (Å²) in [5, 5.41) is 0. The maximum atomic E-state index is 2.45. The van der Waals surface area contributed by atoms with Crippen LogP contribution in [0.15, 0.2) is 48.5 Å². The lowest BCUT2D eigenvalue weighted by Crippen LogP contribution is -1.92. The van der Waals surface area contributed by atoms with Crippen LogP contribution in [-0.2, 0) is 8.86 Å². The summed E-state index contributed by atoms with van der Waals surface area (Å²) in [6, 6.07) is 17.2. The lowest BCUT2D eigenvalue weighted by atomic mass is 9.97. The van der Waals surface area contributed by atoms with Crippen molar-refractivity contribution in [1.82, 2.24) is 0 Å². The molecule has 0 N–H and O–H groups in total. The maximum absolute atomic E-state index is 2.45. The predicted molar refractivity (Wildman–Crippen MR) is 87.3 cm³/mol. The average molecular weight is 434 g/mol. The molecule has 0 spiro atoms. The van der Waals surface area contributed by atoms with E-state index in [1.54, 1.807) is 0 Å². The van der Waals surface area contributed by atoms with Crippen LogP contribution >= 0.6 is 45.2 Å². The van der Waals surface area contributed by atoms with Gasteiger partial charge in [0, 0.05) is 8.86 Å². The summed E-state index contributed by atoms with van der Waals surface area (Å²) in [6.45, 7) is 0. The van der Waals surface area contributed by atoms with Crippen LogP contribution in [0.5, 0.6) is 0 Å². The van der Waals surface area contributed by atoms with E-state index in [4.69, 9.17) is 0 Å². The van der Waals surface area contributed by atoms with Crippen LogP contribution in [0.2, 0.25) is 0 Å². The third kappa shape index (κ3) is 2.59. The first-order chi connectivity index (χ1) is 7.86. The largest absolute Gasteiger partial charge is 0.0812 e. The third-order valence-corrected chi connectivity index (χ3v) is 4.22. The number of hydrogen-bond donors (Lipinski definition) is 0. The van der Waals surface area contributed by atoms with E-state index in [0.29, 0.717) is 0 Å². The van der Waals surface area contributed by atoms with E-state index in [0.717, 1.165) is 8.86 Å². The molecular formula is C14H12I2. The molecule has 0 fully saturated rings. The van der Waals surface area contributed by atoms with E-state index >= 15 is 0 Å². The molecule has 0 bridgehead atoms. The van der Waals surface area contributed by atoms with Crippen molar-refractivity contribution >= 4 is 45.2 Å². The number of halogens is 2. The number of alkyl halides is 2. The van der Waals surface area contributed by atoms with Gasteiger partial charge in [0.1, 0.15) is 0 Å². The molecule has 0 radical (unpaired) electrons. The monoisotopic (exact) mass is 434 g/mol. The van der Waals surface area contributed by atoms with Crippen molar-refractivity contribution in [2.75, 3.05) is 0 Å². The van der Waals surface area contributed by atoms with Crippen LogP contribution in [0.25, 0.3) is 11.1 Å². The number of rotatable bonds is 3. The smallest absolute Gasteiger partial charge is 0.0256 e. The van der Waals surface area contributed by atoms with Crippen LogP contribution in [0, 0.1) is 0 Å². The van der Waals surface area contributed by atoms with Crippen molar-refractivity contribution in [2.45, 2.75) is 8.86 Å². The Morgan fingerprint density at radius 2 is 1.50 bits per heavy atom. The van der Waals surface area contributed by atoms with Crippen molar-refractivity contribution in [2.24, 2.45) is 0 Å². The first-order valence-electron chi connectivity index (χ1n) is 5.15. The second-order valence-electron chi connectivity index (χ2n) is 3.58. The SMILES string of the molecule is ICc1cccc(-c2ccccc2)c1CI. The van der Waals surface area contributed by atoms with Crippen LogP contribution in [0.1, 0.15) is 11.1 Å². The molecule has 2 aromatic carbocycles. The van der Waals surface area contributed by atoms with Crippen molar-refractivity contribution in [3.05, 3.63) is 59.7 Å². The Morgan fingerprint density at radius 1 is 0.750 bits per heavy atom. The third-order valence-electron chi connectivity index (χ3n) is 2.64. The summed E-state index contributed by atoms with van der Waals surface area (Å²) in [5.74, 6) is 0. The zero-order chi connectivity index (χ0) is 11.4. The maximum Gasteiger partial charge on any atom is 0.0256 e. The summed E-state index contributed by atoms with van der Waals surface area (Å²) >= 11 is 4.89. The Hall–Kier alpha value is -0.100. The van der Waals surface area contributed by atoms with Crippen LogP contribution in [-0.4, -0.2) is 0 Å². The first kappa shape index (κ1) is 12.4. The second-order valence-corrected chi connectivity index (χ2v) is 5.10. The van der Waals surface area contributed by atoms with E-state index in [-0.39, 0.29) is 0 Å². The summed E-state index contributed by atoms with van der Waals surface area (Å²) in [4.78, 5) is 0. The molecule has 0 aromatic heterocycles. The normalized spacial score (nSPS) is 10.4. The highest BCUT2D eigenvalue weighted by Gasteiger charge is 2.07. The minimum absolute atomic E-state index is 1.07. The van der Waals surface area contributed by atoms with E-state index in [1.165, 1.54) is 22.3 Å². The predicted octanol–water partition coefficient (Wildman–Crippen LogP) is 5.22. The van der Waals surface area contributed by atoms with Crippen molar-refractivity contribution < 1.29 is 0 Å². The molecule has 0 amide bonds. The molecule has 0 aliphatic rings. The Bertz CT molecular complexity index is 463. The topological polar surface area (TPSA) is 0 Å². The van der Waals surface area contributed by atoms with Crippen LogP contribution in [0.4, 0.5) is 0 Å². The van der Waals surface area contributed by atoms with Gasteiger partial charge in [-0.3, -0.25) is 0 Å². The fraction of sp³-hybridized carbons (Fsp3) is 0.143. The van der Waals surface area contributed by atoms with Crippen molar-refractivity contribution in [1.29, 1.82) is 0 Å². The Kier molecular flexibility index (Phi) is 4.64. The van der Waals surface area contributed by atoms with Gasteiger partial charge < -0.3 is 0 Å². The molecule has 0 aliphatic heterocycles. The van der Waals surface area contributed by atoms with Gasteiger partial charge in [-0.2, -0.15) is 0 Å². The highest BCUT2D eigenvalue weighted by molar-refractivity contribution is 14.1. The molecule has 0 unspecified atom stereocenters. The van der Waals surface area contributed by atoms with Gasteiger partial charge in [-0.15, -0.1) is 0 Å². The molecule has 0 saturated carbocycles. The van der Waals surface area contributed by atoms with Gasteiger partial charge >= 0.3 is 0 Å². The molecular weight excluding hydrogens is 422 g/mol. The molecule has 16 heavy (non-hydrogen) atoms. The fourth-order valence-corrected chi connectivity index (χ4v) is 3.42. The van der Waals surface area contributed by atoms with E-state index in [9.17, 15) is 0 Å². The molecule has 82 valence electrons. The lowest BCUT2D eigenvalue weighted by Gasteiger charge is -2.11. The minimum Gasteiger partial charge on any atom is -0.0812 e. The summed E-state index contributed by atoms with van der Waals surface area (Å²) in [7, 11) is 0. The van der Waals surface area contributed by atoms with Gasteiger partial charge in [-0.05, 0) is 22.3 Å². The highest BCUT2D eigenvalue weighted by atomic mass is 127. The van der Waals surface area contributed by atoms with Crippen molar-refractivity contribution in [3.63, 3.8) is 0 Å². The van der Waals surface area contributed by atoms with Gasteiger partial charge in [0.15, 0.2) is 0 Å². The lowest BCUT2D eigenvalue weighted by molar-refractivity contribution is 1.32. The number of benzene rings is 2. The van der Waals surface area contributed by atoms with Crippen LogP contribution in [0.3, 0.4) is 0 Å². The minimum atomic E-state index is 1.07. The molecule has 0 heterocycles. The Labute approximate surface area is 124 Å². The second kappa shape index (κ2) is 6.00. The molecule has 0 saturated heterocycles. The van der Waals surface area contributed by atoms with Gasteiger partial charge in [0.2, 0.25) is 0 Å². The van der Waals surface area contributed by atoms with E-state index < -0.39 is 0 Å². The summed E-state index contributed by atoms with van der Waals surface area (Å²) in [6.07, 6.45) is 0. The quantitative estimate of drug-likeness (QED) is 0.459. The average Bonchev–Trinajstić information content (AvgIpc) is 2.38. The van der Waals surface area contributed by atoms with Gasteiger partial charge in [0.25, 0.3) is 0 Å². The van der Waals surface area contributed by atoms with E-state index in [1.807, 2.05) is 0 Å². The highest BCUT2D eigenvalue weighted by Crippen LogP contribution is 2.29.